The van der Waals surface area contributed by atoms with Gasteiger partial charge in [-0.2, -0.15) is 13.2 Å². The molecule has 1 saturated heterocycles. The molecule has 2 amide bonds. The molecule has 5 nitrogen and oxygen atoms in total. The Bertz CT molecular complexity index is 660. The summed E-state index contributed by atoms with van der Waals surface area (Å²) < 4.78 is 38.4. The third-order valence-corrected chi connectivity index (χ3v) is 4.83. The number of rotatable bonds is 8. The monoisotopic (exact) mass is 385 g/mol. The van der Waals surface area contributed by atoms with E-state index in [1.807, 2.05) is 13.8 Å². The fourth-order valence-electron chi connectivity index (χ4n) is 3.19. The highest BCUT2D eigenvalue weighted by Gasteiger charge is 2.35. The van der Waals surface area contributed by atoms with Crippen molar-refractivity contribution >= 4 is 11.8 Å². The standard InChI is InChI=1S/C19H26F3N3O2/c1-3-24(4-2)9-8-23-18(27)15-11-17(26)25(13-15)12-14-6-5-7-16(10-14)19(20,21)22/h5-7,10,15H,3-4,8-9,11-13H2,1-2H3,(H,23,27)/t15-/m0/s1. The van der Waals surface area contributed by atoms with Gasteiger partial charge in [-0.15, -0.1) is 0 Å². The van der Waals surface area contributed by atoms with E-state index in [4.69, 9.17) is 0 Å². The summed E-state index contributed by atoms with van der Waals surface area (Å²) in [7, 11) is 0. The zero-order valence-electron chi connectivity index (χ0n) is 15.7. The highest BCUT2D eigenvalue weighted by Crippen LogP contribution is 2.30. The van der Waals surface area contributed by atoms with Gasteiger partial charge in [-0.05, 0) is 30.8 Å². The summed E-state index contributed by atoms with van der Waals surface area (Å²) in [5, 5.41) is 2.85. The molecule has 8 heteroatoms. The van der Waals surface area contributed by atoms with E-state index in [1.165, 1.54) is 11.0 Å². The molecule has 0 radical (unpaired) electrons. The molecular weight excluding hydrogens is 359 g/mol. The summed E-state index contributed by atoms with van der Waals surface area (Å²) in [5.74, 6) is -0.849. The number of likely N-dealkylation sites (tertiary alicyclic amines) is 1. The van der Waals surface area contributed by atoms with E-state index in [1.54, 1.807) is 6.07 Å². The Labute approximate surface area is 157 Å². The van der Waals surface area contributed by atoms with Crippen LogP contribution in [0.25, 0.3) is 0 Å². The number of benzene rings is 1. The Morgan fingerprint density at radius 1 is 1.30 bits per heavy atom. The Balaban J connectivity index is 1.89. The second kappa shape index (κ2) is 9.21. The summed E-state index contributed by atoms with van der Waals surface area (Å²) in [6.07, 6.45) is -4.33. The maximum absolute atomic E-state index is 12.8. The summed E-state index contributed by atoms with van der Waals surface area (Å²) >= 11 is 0. The minimum absolute atomic E-state index is 0.0754. The van der Waals surface area contributed by atoms with Crippen molar-refractivity contribution in [1.82, 2.24) is 15.1 Å². The molecule has 0 spiro atoms. The van der Waals surface area contributed by atoms with Gasteiger partial charge in [-0.1, -0.05) is 26.0 Å². The Kier molecular flexibility index (Phi) is 7.24. The zero-order valence-corrected chi connectivity index (χ0v) is 15.7. The van der Waals surface area contributed by atoms with Gasteiger partial charge in [0.2, 0.25) is 11.8 Å². The van der Waals surface area contributed by atoms with Gasteiger partial charge in [0.05, 0.1) is 11.5 Å². The van der Waals surface area contributed by atoms with Gasteiger partial charge in [0.25, 0.3) is 0 Å². The fourth-order valence-corrected chi connectivity index (χ4v) is 3.19. The Morgan fingerprint density at radius 2 is 2.00 bits per heavy atom. The van der Waals surface area contributed by atoms with Gasteiger partial charge in [0.15, 0.2) is 0 Å². The molecule has 0 saturated carbocycles. The van der Waals surface area contributed by atoms with Crippen molar-refractivity contribution in [2.24, 2.45) is 5.92 Å². The van der Waals surface area contributed by atoms with E-state index in [0.29, 0.717) is 12.1 Å². The van der Waals surface area contributed by atoms with E-state index < -0.39 is 17.7 Å². The van der Waals surface area contributed by atoms with E-state index in [9.17, 15) is 22.8 Å². The molecule has 1 atom stereocenters. The third-order valence-electron chi connectivity index (χ3n) is 4.83. The number of nitrogens with zero attached hydrogens (tertiary/aromatic N) is 2. The Morgan fingerprint density at radius 3 is 2.63 bits per heavy atom. The highest BCUT2D eigenvalue weighted by atomic mass is 19.4. The van der Waals surface area contributed by atoms with Crippen LogP contribution in [0, 0.1) is 5.92 Å². The lowest BCUT2D eigenvalue weighted by molar-refractivity contribution is -0.137. The van der Waals surface area contributed by atoms with E-state index in [2.05, 4.69) is 10.2 Å². The molecule has 2 rings (SSSR count). The summed E-state index contributed by atoms with van der Waals surface area (Å²) in [6, 6.07) is 4.93. The molecule has 27 heavy (non-hydrogen) atoms. The molecular formula is C19H26F3N3O2. The number of nitrogens with one attached hydrogen (secondary N) is 1. The lowest BCUT2D eigenvalue weighted by Gasteiger charge is -2.19. The smallest absolute Gasteiger partial charge is 0.355 e. The van der Waals surface area contributed by atoms with Crippen LogP contribution in [-0.4, -0.2) is 54.3 Å². The minimum Gasteiger partial charge on any atom is -0.355 e. The summed E-state index contributed by atoms with van der Waals surface area (Å²) in [6.45, 7) is 7.46. The number of likely N-dealkylation sites (N-methyl/N-ethyl adjacent to an activating group) is 1. The van der Waals surface area contributed by atoms with Crippen LogP contribution in [-0.2, 0) is 22.3 Å². The first kappa shape index (κ1) is 21.2. The maximum Gasteiger partial charge on any atom is 0.416 e. The van der Waals surface area contributed by atoms with Crippen LogP contribution < -0.4 is 5.32 Å². The molecule has 150 valence electrons. The SMILES string of the molecule is CCN(CC)CCNC(=O)[C@H]1CC(=O)N(Cc2cccc(C(F)(F)F)c2)C1. The van der Waals surface area contributed by atoms with Crippen molar-refractivity contribution in [3.05, 3.63) is 35.4 Å². The van der Waals surface area contributed by atoms with Crippen LogP contribution in [0.4, 0.5) is 13.2 Å². The largest absolute Gasteiger partial charge is 0.416 e. The minimum atomic E-state index is -4.42. The molecule has 0 aromatic heterocycles. The highest BCUT2D eigenvalue weighted by molar-refractivity contribution is 5.89. The topological polar surface area (TPSA) is 52.7 Å². The lowest BCUT2D eigenvalue weighted by Crippen LogP contribution is -2.38. The molecule has 0 unspecified atom stereocenters. The van der Waals surface area contributed by atoms with Crippen molar-refractivity contribution in [3.8, 4) is 0 Å². The van der Waals surface area contributed by atoms with E-state index in [-0.39, 0.29) is 31.3 Å². The van der Waals surface area contributed by atoms with Crippen LogP contribution in [0.15, 0.2) is 24.3 Å². The number of carbonyl (C=O) groups is 2. The zero-order chi connectivity index (χ0) is 20.0. The molecule has 1 aliphatic rings. The fraction of sp³-hybridized carbons (Fsp3) is 0.579. The number of hydrogen-bond acceptors (Lipinski definition) is 3. The first-order valence-electron chi connectivity index (χ1n) is 9.18. The maximum atomic E-state index is 12.8. The van der Waals surface area contributed by atoms with E-state index >= 15 is 0 Å². The normalized spacial score (nSPS) is 17.6. The predicted molar refractivity (Wildman–Crippen MR) is 95.8 cm³/mol. The lowest BCUT2D eigenvalue weighted by atomic mass is 10.1. The second-order valence-electron chi connectivity index (χ2n) is 6.69. The van der Waals surface area contributed by atoms with Gasteiger partial charge < -0.3 is 15.1 Å². The van der Waals surface area contributed by atoms with Crippen LogP contribution in [0.3, 0.4) is 0 Å². The van der Waals surface area contributed by atoms with Crippen molar-refractivity contribution in [2.45, 2.75) is 33.0 Å². The number of amides is 2. The molecule has 1 aromatic carbocycles. The number of carbonyl (C=O) groups excluding carboxylic acids is 2. The average Bonchev–Trinajstić information content (AvgIpc) is 2.99. The number of halogens is 3. The summed E-state index contributed by atoms with van der Waals surface area (Å²) in [5.41, 5.74) is -0.335. The van der Waals surface area contributed by atoms with Gasteiger partial charge in [-0.3, -0.25) is 9.59 Å². The quantitative estimate of drug-likeness (QED) is 0.748. The second-order valence-corrected chi connectivity index (χ2v) is 6.69. The van der Waals surface area contributed by atoms with Crippen molar-refractivity contribution < 1.29 is 22.8 Å². The summed E-state index contributed by atoms with van der Waals surface area (Å²) in [4.78, 5) is 28.1. The van der Waals surface area contributed by atoms with Crippen molar-refractivity contribution in [3.63, 3.8) is 0 Å². The van der Waals surface area contributed by atoms with Crippen LogP contribution in [0.2, 0.25) is 0 Å². The van der Waals surface area contributed by atoms with Gasteiger partial charge in [0, 0.05) is 32.6 Å². The molecule has 1 aliphatic heterocycles. The molecule has 1 fully saturated rings. The number of alkyl halides is 3. The van der Waals surface area contributed by atoms with Crippen LogP contribution >= 0.6 is 0 Å². The van der Waals surface area contributed by atoms with Gasteiger partial charge >= 0.3 is 6.18 Å². The van der Waals surface area contributed by atoms with Crippen LogP contribution in [0.5, 0.6) is 0 Å². The molecule has 0 bridgehead atoms. The molecule has 1 heterocycles. The van der Waals surface area contributed by atoms with Crippen molar-refractivity contribution in [1.29, 1.82) is 0 Å². The van der Waals surface area contributed by atoms with Gasteiger partial charge in [0.1, 0.15) is 0 Å². The average molecular weight is 385 g/mol. The molecule has 0 aliphatic carbocycles. The first-order chi connectivity index (χ1) is 12.7. The van der Waals surface area contributed by atoms with Crippen LogP contribution in [0.1, 0.15) is 31.4 Å². The third kappa shape index (κ3) is 5.95. The van der Waals surface area contributed by atoms with Gasteiger partial charge in [-0.25, -0.2) is 0 Å². The number of hydrogen-bond donors (Lipinski definition) is 1. The predicted octanol–water partition coefficient (Wildman–Crippen LogP) is 2.51. The first-order valence-corrected chi connectivity index (χ1v) is 9.18. The van der Waals surface area contributed by atoms with Crippen molar-refractivity contribution in [2.75, 3.05) is 32.7 Å². The molecule has 1 aromatic rings. The Hall–Kier alpha value is -2.09. The molecule has 1 N–H and O–H groups in total. The van der Waals surface area contributed by atoms with E-state index in [0.717, 1.165) is 31.8 Å².